The molecule has 0 aromatic carbocycles. The molecule has 0 radical (unpaired) electrons. The van der Waals surface area contributed by atoms with Crippen LogP contribution >= 0.6 is 7.92 Å². The maximum Gasteiger partial charge on any atom is -1.00 e. The number of halogens is 2. The van der Waals surface area contributed by atoms with Gasteiger partial charge >= 0.3 is 50.9 Å². The van der Waals surface area contributed by atoms with E-state index < -0.39 is 0 Å². The van der Waals surface area contributed by atoms with E-state index in [4.69, 9.17) is 0 Å². The van der Waals surface area contributed by atoms with E-state index in [1.807, 2.05) is 0 Å². The van der Waals surface area contributed by atoms with Gasteiger partial charge in [0, 0.05) is 0 Å². The molecule has 0 unspecified atom stereocenters. The first-order valence-electron chi connectivity index (χ1n) is 5.46. The van der Waals surface area contributed by atoms with Crippen LogP contribution in [-0.4, -0.2) is 18.5 Å². The fraction of sp³-hybridized carbons (Fsp3) is 0.667. The maximum absolute atomic E-state index is 2.29. The molecule has 0 heterocycles. The van der Waals surface area contributed by atoms with Gasteiger partial charge in [0.1, 0.15) is 0 Å². The minimum absolute atomic E-state index is 0. The zero-order valence-electron chi connectivity index (χ0n) is 10.7. The molecule has 0 bridgehead atoms. The first-order chi connectivity index (χ1) is 6.78. The minimum Gasteiger partial charge on any atom is -1.00 e. The van der Waals surface area contributed by atoms with Crippen molar-refractivity contribution in [1.82, 2.24) is 0 Å². The Hall–Kier alpha value is 1.07. The number of hydrogen-bond acceptors (Lipinski definition) is 0. The van der Waals surface area contributed by atoms with Crippen molar-refractivity contribution in [2.45, 2.75) is 32.8 Å². The Balaban J connectivity index is -0.000000188. The molecule has 0 aliphatic heterocycles. The number of allylic oxidation sites excluding steroid dienone is 4. The summed E-state index contributed by atoms with van der Waals surface area (Å²) in [7, 11) is 0.446. The molecule has 1 aliphatic rings. The summed E-state index contributed by atoms with van der Waals surface area (Å²) in [5.41, 5.74) is 2.29. The average Bonchev–Trinajstić information content (AvgIpc) is 2.74. The molecule has 0 atom stereocenters. The van der Waals surface area contributed by atoms with Gasteiger partial charge in [0.05, 0.1) is 0 Å². The molecular weight excluding hydrogens is 297 g/mol. The van der Waals surface area contributed by atoms with Crippen LogP contribution in [0.3, 0.4) is 0 Å². The van der Waals surface area contributed by atoms with E-state index in [2.05, 4.69) is 44.6 Å². The first-order valence-corrected chi connectivity index (χ1v) is 9.45. The van der Waals surface area contributed by atoms with Crippen LogP contribution in [0, 0.1) is 0 Å². The van der Waals surface area contributed by atoms with Crippen LogP contribution in [-0.2, 0) is 16.3 Å². The normalized spacial score (nSPS) is 11.7. The summed E-state index contributed by atoms with van der Waals surface area (Å²) >= 11 is 0.523. The standard InChI is InChI=1S/C6H15P.C5H5.CH3.2ClH.V/c1-4-7(5-2)6-3;1-2-4-5-3-1;;;;/h4-6H2,1-3H3;1-3H,4H2;1H3;2*1H;/q;;;;;+2/p-2. The van der Waals surface area contributed by atoms with Gasteiger partial charge in [-0.2, -0.15) is 0 Å². The zero-order chi connectivity index (χ0) is 10.8. The topological polar surface area (TPSA) is 0 Å². The molecule has 0 N–H and O–H groups in total. The van der Waals surface area contributed by atoms with E-state index in [-0.39, 0.29) is 24.8 Å². The second-order valence-electron chi connectivity index (χ2n) is 3.13. The first kappa shape index (κ1) is 22.3. The molecule has 0 saturated heterocycles. The van der Waals surface area contributed by atoms with Crippen molar-refractivity contribution < 1.29 is 41.1 Å². The van der Waals surface area contributed by atoms with Gasteiger partial charge in [-0.15, -0.1) is 7.92 Å². The van der Waals surface area contributed by atoms with E-state index >= 15 is 0 Å². The maximum atomic E-state index is 2.29. The number of hydrogen-bond donors (Lipinski definition) is 0. The minimum atomic E-state index is 0. The molecule has 0 spiro atoms. The Morgan fingerprint density at radius 1 is 1.12 bits per heavy atom. The van der Waals surface area contributed by atoms with Gasteiger partial charge in [-0.25, -0.2) is 0 Å². The monoisotopic (exact) mass is 319 g/mol. The van der Waals surface area contributed by atoms with Gasteiger partial charge in [0.15, 0.2) is 0 Å². The zero-order valence-corrected chi connectivity index (χ0v) is 14.5. The fourth-order valence-electron chi connectivity index (χ4n) is 1.27. The van der Waals surface area contributed by atoms with Crippen molar-refractivity contribution in [3.8, 4) is 0 Å². The third kappa shape index (κ3) is 11.6. The van der Waals surface area contributed by atoms with Gasteiger partial charge in [-0.05, 0) is 18.5 Å². The fourth-order valence-corrected chi connectivity index (χ4v) is 3.43. The summed E-state index contributed by atoms with van der Waals surface area (Å²) in [6, 6.07) is 0. The SMILES string of the molecule is CCP(CC)CC.[CH3][V+2][C]1=CC=CC1.[Cl-].[Cl-]. The summed E-state index contributed by atoms with van der Waals surface area (Å²) < 4.78 is 1.65. The van der Waals surface area contributed by atoms with E-state index in [0.29, 0.717) is 24.2 Å². The Morgan fingerprint density at radius 3 is 1.75 bits per heavy atom. The predicted octanol–water partition coefficient (Wildman–Crippen LogP) is -1.50. The van der Waals surface area contributed by atoms with Crippen molar-refractivity contribution in [3.63, 3.8) is 0 Å². The van der Waals surface area contributed by atoms with Crippen molar-refractivity contribution in [2.75, 3.05) is 18.5 Å². The average molecular weight is 320 g/mol. The second-order valence-corrected chi connectivity index (χ2v) is 7.97. The largest absolute Gasteiger partial charge is 1.00 e. The van der Waals surface area contributed by atoms with Crippen LogP contribution < -0.4 is 24.8 Å². The van der Waals surface area contributed by atoms with Crippen LogP contribution in [0.4, 0.5) is 0 Å². The molecule has 1 rings (SSSR count). The molecule has 95 valence electrons. The smallest absolute Gasteiger partial charge is 1.00 e. The summed E-state index contributed by atoms with van der Waals surface area (Å²) in [5.74, 6) is 0. The summed E-state index contributed by atoms with van der Waals surface area (Å²) in [6.45, 7) is 6.87. The Labute approximate surface area is 122 Å². The second kappa shape index (κ2) is 16.1. The van der Waals surface area contributed by atoms with Gasteiger partial charge in [0.25, 0.3) is 0 Å². The molecule has 0 fully saturated rings. The molecule has 0 nitrogen and oxygen atoms in total. The van der Waals surface area contributed by atoms with Crippen molar-refractivity contribution in [2.24, 2.45) is 0 Å². The Kier molecular flexibility index (Phi) is 22.4. The van der Waals surface area contributed by atoms with E-state index in [1.54, 1.807) is 4.28 Å². The molecule has 4 heteroatoms. The van der Waals surface area contributed by atoms with Crippen LogP contribution in [0.2, 0.25) is 5.64 Å². The van der Waals surface area contributed by atoms with Crippen molar-refractivity contribution in [3.05, 3.63) is 22.5 Å². The summed E-state index contributed by atoms with van der Waals surface area (Å²) in [5, 5.41) is 0. The van der Waals surface area contributed by atoms with E-state index in [1.165, 1.54) is 24.9 Å². The van der Waals surface area contributed by atoms with Crippen molar-refractivity contribution in [1.29, 1.82) is 0 Å². The quantitative estimate of drug-likeness (QED) is 0.553. The van der Waals surface area contributed by atoms with E-state index in [0.717, 1.165) is 0 Å². The van der Waals surface area contributed by atoms with Gasteiger partial charge < -0.3 is 24.8 Å². The third-order valence-electron chi connectivity index (χ3n) is 2.38. The van der Waals surface area contributed by atoms with E-state index in [9.17, 15) is 0 Å². The molecule has 16 heavy (non-hydrogen) atoms. The molecule has 0 aromatic heterocycles. The Morgan fingerprint density at radius 2 is 1.62 bits per heavy atom. The van der Waals surface area contributed by atoms with Gasteiger partial charge in [-0.1, -0.05) is 20.8 Å². The molecule has 0 saturated carbocycles. The summed E-state index contributed by atoms with van der Waals surface area (Å²) in [4.78, 5) is 0. The number of rotatable bonds is 4. The van der Waals surface area contributed by atoms with Crippen LogP contribution in [0.5, 0.6) is 0 Å². The van der Waals surface area contributed by atoms with Crippen molar-refractivity contribution >= 4 is 7.92 Å². The van der Waals surface area contributed by atoms with Crippen LogP contribution in [0.25, 0.3) is 0 Å². The third-order valence-corrected chi connectivity index (χ3v) is 6.48. The Bertz CT molecular complexity index is 184. The summed E-state index contributed by atoms with van der Waals surface area (Å²) in [6.07, 6.45) is 12.1. The molecular formula is C12H23Cl2PV. The van der Waals surface area contributed by atoms with Gasteiger partial charge in [-0.3, -0.25) is 0 Å². The van der Waals surface area contributed by atoms with Crippen LogP contribution in [0.15, 0.2) is 22.5 Å². The van der Waals surface area contributed by atoms with Gasteiger partial charge in [0.2, 0.25) is 0 Å². The van der Waals surface area contributed by atoms with Crippen LogP contribution in [0.1, 0.15) is 27.2 Å². The molecule has 0 amide bonds. The predicted molar refractivity (Wildman–Crippen MR) is 66.2 cm³/mol. The molecule has 1 aliphatic carbocycles. The molecule has 0 aromatic rings.